The lowest BCUT2D eigenvalue weighted by molar-refractivity contribution is 0.446. The van der Waals surface area contributed by atoms with E-state index < -0.39 is 0 Å². The molecule has 0 atom stereocenters. The number of aromatic nitrogens is 5. The van der Waals surface area contributed by atoms with Gasteiger partial charge in [-0.05, 0) is 37.9 Å². The largest absolute Gasteiger partial charge is 0.420 e. The van der Waals surface area contributed by atoms with Crippen molar-refractivity contribution < 1.29 is 4.42 Å². The molecule has 0 radical (unpaired) electrons. The van der Waals surface area contributed by atoms with Crippen LogP contribution in [-0.4, -0.2) is 37.9 Å². The second kappa shape index (κ2) is 8.81. The van der Waals surface area contributed by atoms with Crippen LogP contribution in [0.2, 0.25) is 0 Å². The standard InChI is InChI=1S/C21H22N6O2.ClH/c28-18-12-17(15-8-10-22-11-9-15)27-20(24-18)16(13-23-27)21-26-25-19(29-21)7-6-14-4-2-1-3-5-14;/h1-5,12-13,15,22H,6-11H2,(H,24,28);1H. The van der Waals surface area contributed by atoms with Crippen LogP contribution in [0.15, 0.2) is 51.8 Å². The van der Waals surface area contributed by atoms with E-state index in [0.717, 1.165) is 38.0 Å². The van der Waals surface area contributed by atoms with E-state index in [0.29, 0.717) is 35.3 Å². The Morgan fingerprint density at radius 3 is 2.70 bits per heavy atom. The molecule has 0 saturated carbocycles. The molecule has 8 nitrogen and oxygen atoms in total. The second-order valence-electron chi connectivity index (χ2n) is 7.39. The second-order valence-corrected chi connectivity index (χ2v) is 7.39. The SMILES string of the molecule is Cl.O=c1cc(C2CCNCC2)n2ncc(-c3nnc(CCc4ccccc4)o3)c2[nH]1. The average Bonchev–Trinajstić information content (AvgIpc) is 3.40. The first kappa shape index (κ1) is 20.3. The van der Waals surface area contributed by atoms with Crippen molar-refractivity contribution in [1.29, 1.82) is 0 Å². The van der Waals surface area contributed by atoms with Crippen molar-refractivity contribution in [2.75, 3.05) is 13.1 Å². The van der Waals surface area contributed by atoms with E-state index in [2.05, 4.69) is 37.7 Å². The van der Waals surface area contributed by atoms with Crippen LogP contribution in [0.4, 0.5) is 0 Å². The monoisotopic (exact) mass is 426 g/mol. The van der Waals surface area contributed by atoms with Gasteiger partial charge in [0.05, 0.1) is 11.9 Å². The van der Waals surface area contributed by atoms with Gasteiger partial charge in [0.25, 0.3) is 11.4 Å². The highest BCUT2D eigenvalue weighted by Crippen LogP contribution is 2.28. The summed E-state index contributed by atoms with van der Waals surface area (Å²) in [7, 11) is 0. The van der Waals surface area contributed by atoms with Crippen LogP contribution in [0.25, 0.3) is 17.1 Å². The molecule has 4 aromatic rings. The molecule has 9 heteroatoms. The number of H-pyrrole nitrogens is 1. The first-order chi connectivity index (χ1) is 14.3. The van der Waals surface area contributed by atoms with Gasteiger partial charge < -0.3 is 14.7 Å². The van der Waals surface area contributed by atoms with Crippen molar-refractivity contribution in [1.82, 2.24) is 30.1 Å². The Labute approximate surface area is 179 Å². The van der Waals surface area contributed by atoms with Crippen molar-refractivity contribution in [3.05, 3.63) is 70.1 Å². The maximum Gasteiger partial charge on any atom is 0.253 e. The van der Waals surface area contributed by atoms with Gasteiger partial charge in [-0.15, -0.1) is 22.6 Å². The van der Waals surface area contributed by atoms with Crippen molar-refractivity contribution in [3.63, 3.8) is 0 Å². The maximum atomic E-state index is 12.3. The first-order valence-corrected chi connectivity index (χ1v) is 9.96. The lowest BCUT2D eigenvalue weighted by Gasteiger charge is -2.23. The van der Waals surface area contributed by atoms with E-state index in [-0.39, 0.29) is 18.0 Å². The topological polar surface area (TPSA) is 101 Å². The summed E-state index contributed by atoms with van der Waals surface area (Å²) in [5.74, 6) is 1.25. The minimum Gasteiger partial charge on any atom is -0.420 e. The third kappa shape index (κ3) is 4.01. The Morgan fingerprint density at radius 1 is 1.10 bits per heavy atom. The number of benzene rings is 1. The Bertz CT molecular complexity index is 1180. The van der Waals surface area contributed by atoms with E-state index in [4.69, 9.17) is 4.42 Å². The summed E-state index contributed by atoms with van der Waals surface area (Å²) in [5, 5.41) is 16.2. The normalized spacial score (nSPS) is 14.7. The summed E-state index contributed by atoms with van der Waals surface area (Å²) in [6.07, 6.45) is 5.14. The van der Waals surface area contributed by atoms with Crippen molar-refractivity contribution in [2.45, 2.75) is 31.6 Å². The average molecular weight is 427 g/mol. The third-order valence-corrected chi connectivity index (χ3v) is 5.46. The van der Waals surface area contributed by atoms with E-state index >= 15 is 0 Å². The van der Waals surface area contributed by atoms with Crippen molar-refractivity contribution in [3.8, 4) is 11.5 Å². The van der Waals surface area contributed by atoms with Crippen molar-refractivity contribution >= 4 is 18.1 Å². The van der Waals surface area contributed by atoms with Gasteiger partial charge in [0.2, 0.25) is 5.89 Å². The van der Waals surface area contributed by atoms with Gasteiger partial charge in [0, 0.05) is 18.4 Å². The summed E-state index contributed by atoms with van der Waals surface area (Å²) in [5.41, 5.74) is 3.26. The first-order valence-electron chi connectivity index (χ1n) is 9.96. The number of rotatable bonds is 5. The zero-order valence-corrected chi connectivity index (χ0v) is 17.2. The van der Waals surface area contributed by atoms with Crippen LogP contribution >= 0.6 is 12.4 Å². The van der Waals surface area contributed by atoms with Gasteiger partial charge in [-0.2, -0.15) is 5.10 Å². The number of piperidine rings is 1. The molecule has 0 amide bonds. The van der Waals surface area contributed by atoms with E-state index in [1.807, 2.05) is 18.2 Å². The van der Waals surface area contributed by atoms with Crippen LogP contribution in [0, 0.1) is 0 Å². The number of aromatic amines is 1. The minimum atomic E-state index is -0.142. The number of fused-ring (bicyclic) bond motifs is 1. The Morgan fingerprint density at radius 2 is 1.90 bits per heavy atom. The number of hydrogen-bond donors (Lipinski definition) is 2. The van der Waals surface area contributed by atoms with Gasteiger partial charge in [-0.25, -0.2) is 4.52 Å². The van der Waals surface area contributed by atoms with Crippen LogP contribution < -0.4 is 10.9 Å². The van der Waals surface area contributed by atoms with Gasteiger partial charge in [0.1, 0.15) is 11.2 Å². The molecule has 0 unspecified atom stereocenters. The fraction of sp³-hybridized carbons (Fsp3) is 0.333. The molecular weight excluding hydrogens is 404 g/mol. The van der Waals surface area contributed by atoms with Crippen molar-refractivity contribution in [2.24, 2.45) is 0 Å². The number of halogens is 1. The molecule has 156 valence electrons. The van der Waals surface area contributed by atoms with Crippen LogP contribution in [0.1, 0.15) is 35.9 Å². The lowest BCUT2D eigenvalue weighted by atomic mass is 9.94. The summed E-state index contributed by atoms with van der Waals surface area (Å²) in [6, 6.07) is 11.8. The highest BCUT2D eigenvalue weighted by Gasteiger charge is 2.22. The van der Waals surface area contributed by atoms with Gasteiger partial charge in [-0.3, -0.25) is 4.79 Å². The summed E-state index contributed by atoms with van der Waals surface area (Å²) >= 11 is 0. The molecule has 4 heterocycles. The number of hydrogen-bond acceptors (Lipinski definition) is 6. The van der Waals surface area contributed by atoms with Gasteiger partial charge >= 0.3 is 0 Å². The maximum absolute atomic E-state index is 12.3. The van der Waals surface area contributed by atoms with Crippen LogP contribution in [-0.2, 0) is 12.8 Å². The molecule has 1 aliphatic heterocycles. The molecule has 2 N–H and O–H groups in total. The molecule has 30 heavy (non-hydrogen) atoms. The molecular formula is C21H23ClN6O2. The molecule has 1 fully saturated rings. The van der Waals surface area contributed by atoms with Gasteiger partial charge in [-0.1, -0.05) is 30.3 Å². The summed E-state index contributed by atoms with van der Waals surface area (Å²) in [4.78, 5) is 15.2. The van der Waals surface area contributed by atoms with E-state index in [1.165, 1.54) is 5.56 Å². The fourth-order valence-electron chi connectivity index (χ4n) is 3.94. The molecule has 3 aromatic heterocycles. The molecule has 5 rings (SSSR count). The molecule has 0 bridgehead atoms. The molecule has 0 aliphatic carbocycles. The number of nitrogens with one attached hydrogen (secondary N) is 2. The zero-order chi connectivity index (χ0) is 19.6. The molecule has 1 aromatic carbocycles. The predicted molar refractivity (Wildman–Crippen MR) is 115 cm³/mol. The summed E-state index contributed by atoms with van der Waals surface area (Å²) < 4.78 is 7.68. The van der Waals surface area contributed by atoms with Crippen LogP contribution in [0.3, 0.4) is 0 Å². The Kier molecular flexibility index (Phi) is 5.96. The molecule has 0 spiro atoms. The lowest BCUT2D eigenvalue weighted by Crippen LogP contribution is -2.28. The highest BCUT2D eigenvalue weighted by atomic mass is 35.5. The van der Waals surface area contributed by atoms with Crippen LogP contribution in [0.5, 0.6) is 0 Å². The molecule has 1 saturated heterocycles. The highest BCUT2D eigenvalue weighted by molar-refractivity contribution is 5.85. The smallest absolute Gasteiger partial charge is 0.253 e. The zero-order valence-electron chi connectivity index (χ0n) is 16.4. The van der Waals surface area contributed by atoms with E-state index in [1.54, 1.807) is 16.8 Å². The molecule has 1 aliphatic rings. The minimum absolute atomic E-state index is 0. The summed E-state index contributed by atoms with van der Waals surface area (Å²) in [6.45, 7) is 1.89. The van der Waals surface area contributed by atoms with Gasteiger partial charge in [0.15, 0.2) is 0 Å². The van der Waals surface area contributed by atoms with E-state index in [9.17, 15) is 4.79 Å². The third-order valence-electron chi connectivity index (χ3n) is 5.46. The number of aryl methyl sites for hydroxylation is 2. The fourth-order valence-corrected chi connectivity index (χ4v) is 3.94. The predicted octanol–water partition coefficient (Wildman–Crippen LogP) is 2.75. The quantitative estimate of drug-likeness (QED) is 0.509. The number of nitrogens with zero attached hydrogens (tertiary/aromatic N) is 4. The Hall–Kier alpha value is -2.97. The Balaban J connectivity index is 0.00000218.